The molecule has 7 nitrogen and oxygen atoms in total. The topological polar surface area (TPSA) is 88.2 Å². The number of rotatable bonds is 13. The lowest BCUT2D eigenvalue weighted by atomic mass is 9.93. The fraction of sp³-hybridized carbons (Fsp3) is 0.452. The van der Waals surface area contributed by atoms with E-state index in [-0.39, 0.29) is 5.91 Å². The first-order valence-corrected chi connectivity index (χ1v) is 14.4. The number of ether oxygens (including phenoxy) is 1. The number of methoxy groups -OCH3 is 1. The molecule has 1 amide bonds. The molecule has 2 heterocycles. The summed E-state index contributed by atoms with van der Waals surface area (Å²) in [4.78, 5) is 22.7. The molecule has 3 N–H and O–H groups in total. The molecule has 2 aromatic carbocycles. The standard InChI is InChI=1S/C31H40ClN5O2/c1-4-21(15-25-13-12-24(5-2)36-25)17-29-33-20-26(31(38)35-18-22-9-7-6-8-10-22)30(37-29)34-19-23-11-14-28(39-3)27(32)16-23/h6-11,14,16,20-21,24-25,36H,4-5,12-13,15,17-19H2,1-3H3,(H,35,38)(H,33,34,37). The van der Waals surface area contributed by atoms with Crippen molar-refractivity contribution < 1.29 is 9.53 Å². The van der Waals surface area contributed by atoms with Gasteiger partial charge in [-0.05, 0) is 54.9 Å². The zero-order valence-electron chi connectivity index (χ0n) is 23.2. The Kier molecular flexibility index (Phi) is 10.6. The van der Waals surface area contributed by atoms with Gasteiger partial charge in [0.15, 0.2) is 0 Å². The molecule has 39 heavy (non-hydrogen) atoms. The lowest BCUT2D eigenvalue weighted by molar-refractivity contribution is 0.0951. The third kappa shape index (κ3) is 8.16. The molecule has 3 unspecified atom stereocenters. The lowest BCUT2D eigenvalue weighted by Crippen LogP contribution is -2.31. The van der Waals surface area contributed by atoms with Crippen molar-refractivity contribution >= 4 is 23.3 Å². The second kappa shape index (κ2) is 14.3. The average Bonchev–Trinajstić information content (AvgIpc) is 3.42. The Balaban J connectivity index is 1.49. The van der Waals surface area contributed by atoms with Crippen LogP contribution in [0.15, 0.2) is 54.7 Å². The predicted octanol–water partition coefficient (Wildman–Crippen LogP) is 6.17. The smallest absolute Gasteiger partial charge is 0.256 e. The molecule has 1 aliphatic heterocycles. The first-order valence-electron chi connectivity index (χ1n) is 14.0. The molecular formula is C31H40ClN5O2. The van der Waals surface area contributed by atoms with E-state index in [2.05, 4.69) is 34.8 Å². The van der Waals surface area contributed by atoms with Crippen LogP contribution < -0.4 is 20.7 Å². The highest BCUT2D eigenvalue weighted by Gasteiger charge is 2.25. The number of carbonyl (C=O) groups excluding carboxylic acids is 1. The average molecular weight is 550 g/mol. The lowest BCUT2D eigenvalue weighted by Gasteiger charge is -2.20. The van der Waals surface area contributed by atoms with Crippen molar-refractivity contribution in [3.8, 4) is 5.75 Å². The number of carbonyl (C=O) groups is 1. The van der Waals surface area contributed by atoms with E-state index < -0.39 is 0 Å². The molecule has 0 spiro atoms. The minimum Gasteiger partial charge on any atom is -0.495 e. The summed E-state index contributed by atoms with van der Waals surface area (Å²) in [5.74, 6) is 2.16. The Morgan fingerprint density at radius 2 is 1.90 bits per heavy atom. The Morgan fingerprint density at radius 3 is 2.59 bits per heavy atom. The van der Waals surface area contributed by atoms with Crippen LogP contribution in [0.3, 0.4) is 0 Å². The van der Waals surface area contributed by atoms with Crippen LogP contribution in [0, 0.1) is 5.92 Å². The zero-order chi connectivity index (χ0) is 27.6. The second-order valence-electron chi connectivity index (χ2n) is 10.3. The van der Waals surface area contributed by atoms with Gasteiger partial charge in [0.1, 0.15) is 23.0 Å². The van der Waals surface area contributed by atoms with Gasteiger partial charge in [0.05, 0.1) is 12.1 Å². The number of benzene rings is 2. The number of nitrogens with zero attached hydrogens (tertiary/aromatic N) is 2. The molecule has 1 aliphatic rings. The first-order chi connectivity index (χ1) is 19.0. The summed E-state index contributed by atoms with van der Waals surface area (Å²) in [7, 11) is 1.59. The summed E-state index contributed by atoms with van der Waals surface area (Å²) < 4.78 is 5.27. The summed E-state index contributed by atoms with van der Waals surface area (Å²) in [5.41, 5.74) is 2.41. The molecule has 3 aromatic rings. The number of hydrogen-bond donors (Lipinski definition) is 3. The highest BCUT2D eigenvalue weighted by Crippen LogP contribution is 2.27. The van der Waals surface area contributed by atoms with Crippen LogP contribution in [0.2, 0.25) is 5.02 Å². The monoisotopic (exact) mass is 549 g/mol. The van der Waals surface area contributed by atoms with Crippen molar-refractivity contribution in [2.45, 2.75) is 77.5 Å². The summed E-state index contributed by atoms with van der Waals surface area (Å²) in [5, 5.41) is 10.7. The third-order valence-electron chi connectivity index (χ3n) is 7.55. The molecule has 1 saturated heterocycles. The van der Waals surface area contributed by atoms with Crippen LogP contribution in [-0.2, 0) is 19.5 Å². The van der Waals surface area contributed by atoms with Crippen LogP contribution in [0.4, 0.5) is 5.82 Å². The van der Waals surface area contributed by atoms with Crippen molar-refractivity contribution in [1.82, 2.24) is 20.6 Å². The van der Waals surface area contributed by atoms with E-state index in [1.165, 1.54) is 19.3 Å². The normalized spacial score (nSPS) is 17.5. The predicted molar refractivity (Wildman–Crippen MR) is 157 cm³/mol. The van der Waals surface area contributed by atoms with Gasteiger partial charge in [0.25, 0.3) is 5.91 Å². The van der Waals surface area contributed by atoms with Gasteiger partial charge < -0.3 is 20.7 Å². The number of aromatic nitrogens is 2. The zero-order valence-corrected chi connectivity index (χ0v) is 23.9. The number of nitrogens with one attached hydrogen (secondary N) is 3. The highest BCUT2D eigenvalue weighted by molar-refractivity contribution is 6.32. The molecule has 3 atom stereocenters. The Morgan fingerprint density at radius 1 is 1.10 bits per heavy atom. The number of amides is 1. The molecule has 8 heteroatoms. The first kappa shape index (κ1) is 28.8. The molecular weight excluding hydrogens is 510 g/mol. The van der Waals surface area contributed by atoms with Gasteiger partial charge in [-0.15, -0.1) is 0 Å². The van der Waals surface area contributed by atoms with Crippen molar-refractivity contribution in [2.24, 2.45) is 5.92 Å². The maximum Gasteiger partial charge on any atom is 0.256 e. The molecule has 0 saturated carbocycles. The minimum absolute atomic E-state index is 0.214. The molecule has 0 radical (unpaired) electrons. The van der Waals surface area contributed by atoms with Crippen molar-refractivity contribution in [3.63, 3.8) is 0 Å². The fourth-order valence-electron chi connectivity index (χ4n) is 5.16. The van der Waals surface area contributed by atoms with E-state index in [4.69, 9.17) is 21.3 Å². The maximum absolute atomic E-state index is 13.2. The van der Waals surface area contributed by atoms with Gasteiger partial charge in [-0.3, -0.25) is 4.79 Å². The summed E-state index contributed by atoms with van der Waals surface area (Å²) >= 11 is 6.33. The fourth-order valence-corrected chi connectivity index (χ4v) is 5.44. The largest absolute Gasteiger partial charge is 0.495 e. The molecule has 0 bridgehead atoms. The Hall–Kier alpha value is -3.16. The summed E-state index contributed by atoms with van der Waals surface area (Å²) in [6.07, 6.45) is 8.27. The summed E-state index contributed by atoms with van der Waals surface area (Å²) in [6.45, 7) is 5.37. The summed E-state index contributed by atoms with van der Waals surface area (Å²) in [6, 6.07) is 16.7. The van der Waals surface area contributed by atoms with Crippen molar-refractivity contribution in [1.29, 1.82) is 0 Å². The molecule has 1 aromatic heterocycles. The van der Waals surface area contributed by atoms with Gasteiger partial charge in [0, 0.05) is 37.8 Å². The van der Waals surface area contributed by atoms with E-state index in [9.17, 15) is 4.79 Å². The molecule has 208 valence electrons. The van der Waals surface area contributed by atoms with Crippen LogP contribution in [0.5, 0.6) is 5.75 Å². The van der Waals surface area contributed by atoms with Crippen LogP contribution >= 0.6 is 11.6 Å². The number of hydrogen-bond acceptors (Lipinski definition) is 6. The third-order valence-corrected chi connectivity index (χ3v) is 7.84. The highest BCUT2D eigenvalue weighted by atomic mass is 35.5. The second-order valence-corrected chi connectivity index (χ2v) is 10.7. The van der Waals surface area contributed by atoms with Gasteiger partial charge in [0.2, 0.25) is 0 Å². The van der Waals surface area contributed by atoms with E-state index in [1.54, 1.807) is 13.3 Å². The molecule has 4 rings (SSSR count). The Labute approximate surface area is 237 Å². The quantitative estimate of drug-likeness (QED) is 0.236. The van der Waals surface area contributed by atoms with E-state index >= 15 is 0 Å². The number of anilines is 1. The van der Waals surface area contributed by atoms with Gasteiger partial charge >= 0.3 is 0 Å². The Bertz CT molecular complexity index is 1220. The van der Waals surface area contributed by atoms with E-state index in [0.29, 0.717) is 53.2 Å². The van der Waals surface area contributed by atoms with Gasteiger partial charge in [-0.2, -0.15) is 0 Å². The van der Waals surface area contributed by atoms with Crippen LogP contribution in [0.25, 0.3) is 0 Å². The van der Waals surface area contributed by atoms with Crippen LogP contribution in [0.1, 0.15) is 73.3 Å². The molecule has 1 fully saturated rings. The maximum atomic E-state index is 13.2. The van der Waals surface area contributed by atoms with Crippen molar-refractivity contribution in [2.75, 3.05) is 12.4 Å². The van der Waals surface area contributed by atoms with Gasteiger partial charge in [-0.1, -0.05) is 68.3 Å². The van der Waals surface area contributed by atoms with E-state index in [1.807, 2.05) is 48.5 Å². The number of halogens is 1. The van der Waals surface area contributed by atoms with Crippen molar-refractivity contribution in [3.05, 3.63) is 82.3 Å². The molecule has 0 aliphatic carbocycles. The minimum atomic E-state index is -0.214. The van der Waals surface area contributed by atoms with Gasteiger partial charge in [-0.25, -0.2) is 9.97 Å². The van der Waals surface area contributed by atoms with E-state index in [0.717, 1.165) is 36.2 Å². The SMILES string of the molecule is CCC(Cc1ncc(C(=O)NCc2ccccc2)c(NCc2ccc(OC)c(Cl)c2)n1)CC1CCC(CC)N1. The van der Waals surface area contributed by atoms with Crippen LogP contribution in [-0.4, -0.2) is 35.1 Å².